The van der Waals surface area contributed by atoms with Crippen LogP contribution in [0.15, 0.2) is 218 Å². The van der Waals surface area contributed by atoms with Crippen molar-refractivity contribution in [3.8, 4) is 33.4 Å². The van der Waals surface area contributed by atoms with Crippen molar-refractivity contribution in [1.29, 1.82) is 0 Å². The lowest BCUT2D eigenvalue weighted by atomic mass is 9.67. The summed E-state index contributed by atoms with van der Waals surface area (Å²) in [6.07, 6.45) is 8.40. The third-order valence-electron chi connectivity index (χ3n) is 10.0. The molecule has 0 saturated heterocycles. The van der Waals surface area contributed by atoms with Crippen LogP contribution in [0.4, 0.5) is 17.1 Å². The summed E-state index contributed by atoms with van der Waals surface area (Å²) in [5.74, 6) is 0. The maximum Gasteiger partial charge on any atom is 0.0708 e. The Labute approximate surface area is 301 Å². The van der Waals surface area contributed by atoms with Gasteiger partial charge in [0, 0.05) is 16.9 Å². The minimum atomic E-state index is -0.568. The summed E-state index contributed by atoms with van der Waals surface area (Å²) in [6.45, 7) is 6.83. The molecule has 7 aromatic rings. The molecule has 0 amide bonds. The zero-order valence-electron chi connectivity index (χ0n) is 28.8. The Balaban J connectivity index is 1.37. The molecule has 0 N–H and O–H groups in total. The van der Waals surface area contributed by atoms with E-state index in [0.29, 0.717) is 0 Å². The molecule has 51 heavy (non-hydrogen) atoms. The lowest BCUT2D eigenvalue weighted by molar-refractivity contribution is 0.770. The number of rotatable bonds is 9. The second-order valence-electron chi connectivity index (χ2n) is 12.9. The largest absolute Gasteiger partial charge is 0.310 e. The summed E-state index contributed by atoms with van der Waals surface area (Å²) < 4.78 is 0. The third-order valence-corrected chi connectivity index (χ3v) is 10.0. The van der Waals surface area contributed by atoms with Crippen molar-refractivity contribution in [3.05, 3.63) is 235 Å². The fourth-order valence-electron chi connectivity index (χ4n) is 7.73. The van der Waals surface area contributed by atoms with Crippen LogP contribution >= 0.6 is 0 Å². The molecule has 8 rings (SSSR count). The Hall–Kier alpha value is -6.44. The minimum absolute atomic E-state index is 0.568. The SMILES string of the molecule is C=C(/C=C\C=C/C)C1(c2ccccc2)c2ccccc2-c2c(N(c3ccc(-c4ccccc4)cc3)c3ccc(-c4ccccc4)cc3)cccc21. The fraction of sp³-hybridized carbons (Fsp3) is 0.0400. The van der Waals surface area contributed by atoms with E-state index in [-0.39, 0.29) is 0 Å². The van der Waals surface area contributed by atoms with Crippen molar-refractivity contribution in [3.63, 3.8) is 0 Å². The molecule has 0 spiro atoms. The second-order valence-corrected chi connectivity index (χ2v) is 12.9. The highest BCUT2D eigenvalue weighted by Crippen LogP contribution is 2.59. The Kier molecular flexibility index (Phi) is 8.62. The van der Waals surface area contributed by atoms with E-state index in [1.165, 1.54) is 50.1 Å². The number of benzene rings is 7. The van der Waals surface area contributed by atoms with Gasteiger partial charge in [0.1, 0.15) is 0 Å². The van der Waals surface area contributed by atoms with Gasteiger partial charge < -0.3 is 4.90 Å². The molecule has 0 bridgehead atoms. The van der Waals surface area contributed by atoms with Crippen molar-refractivity contribution < 1.29 is 0 Å². The summed E-state index contributed by atoms with van der Waals surface area (Å²) in [6, 6.07) is 65.6. The molecule has 1 aliphatic carbocycles. The van der Waals surface area contributed by atoms with Gasteiger partial charge in [0.25, 0.3) is 0 Å². The van der Waals surface area contributed by atoms with Crippen molar-refractivity contribution in [2.45, 2.75) is 12.3 Å². The van der Waals surface area contributed by atoms with Gasteiger partial charge in [0.15, 0.2) is 0 Å². The first-order chi connectivity index (χ1) is 25.2. The van der Waals surface area contributed by atoms with E-state index in [4.69, 9.17) is 6.58 Å². The van der Waals surface area contributed by atoms with Crippen LogP contribution in [0.2, 0.25) is 0 Å². The zero-order valence-corrected chi connectivity index (χ0v) is 28.8. The van der Waals surface area contributed by atoms with Crippen molar-refractivity contribution in [2.24, 2.45) is 0 Å². The average Bonchev–Trinajstić information content (AvgIpc) is 3.51. The van der Waals surface area contributed by atoms with Crippen LogP contribution in [0.25, 0.3) is 33.4 Å². The summed E-state index contributed by atoms with van der Waals surface area (Å²) in [5.41, 5.74) is 14.7. The number of allylic oxidation sites excluding steroid dienone is 5. The molecule has 0 heterocycles. The van der Waals surface area contributed by atoms with E-state index in [9.17, 15) is 0 Å². The number of hydrogen-bond donors (Lipinski definition) is 0. The normalized spacial score (nSPS) is 14.8. The van der Waals surface area contributed by atoms with Gasteiger partial charge in [-0.3, -0.25) is 0 Å². The Morgan fingerprint density at radius 2 is 0.980 bits per heavy atom. The van der Waals surface area contributed by atoms with Crippen molar-refractivity contribution in [1.82, 2.24) is 0 Å². The summed E-state index contributed by atoms with van der Waals surface area (Å²) >= 11 is 0. The van der Waals surface area contributed by atoms with Gasteiger partial charge in [-0.05, 0) is 87.3 Å². The lowest BCUT2D eigenvalue weighted by Gasteiger charge is -2.34. The molecule has 1 heteroatoms. The van der Waals surface area contributed by atoms with E-state index in [2.05, 4.69) is 211 Å². The molecule has 0 radical (unpaired) electrons. The number of nitrogens with zero attached hydrogens (tertiary/aromatic N) is 1. The minimum Gasteiger partial charge on any atom is -0.310 e. The van der Waals surface area contributed by atoms with Crippen molar-refractivity contribution in [2.75, 3.05) is 4.90 Å². The number of hydrogen-bond acceptors (Lipinski definition) is 1. The smallest absolute Gasteiger partial charge is 0.0708 e. The fourth-order valence-corrected chi connectivity index (χ4v) is 7.73. The first-order valence-corrected chi connectivity index (χ1v) is 17.6. The first kappa shape index (κ1) is 31.8. The molecule has 1 atom stereocenters. The van der Waals surface area contributed by atoms with Crippen LogP contribution < -0.4 is 4.90 Å². The molecule has 0 saturated carbocycles. The van der Waals surface area contributed by atoms with E-state index in [1.807, 2.05) is 6.92 Å². The topological polar surface area (TPSA) is 3.24 Å². The van der Waals surface area contributed by atoms with Gasteiger partial charge in [-0.1, -0.05) is 183 Å². The van der Waals surface area contributed by atoms with Gasteiger partial charge in [0.2, 0.25) is 0 Å². The Morgan fingerprint density at radius 1 is 0.490 bits per heavy atom. The van der Waals surface area contributed by atoms with E-state index in [0.717, 1.165) is 22.6 Å². The monoisotopic (exact) mass is 653 g/mol. The lowest BCUT2D eigenvalue weighted by Crippen LogP contribution is -2.28. The Morgan fingerprint density at radius 3 is 1.55 bits per heavy atom. The molecule has 7 aromatic carbocycles. The molecule has 0 aliphatic heterocycles. The molecule has 1 aliphatic rings. The summed E-state index contributed by atoms with van der Waals surface area (Å²) in [7, 11) is 0. The second kappa shape index (κ2) is 13.8. The highest BCUT2D eigenvalue weighted by atomic mass is 15.1. The molecule has 0 fully saturated rings. The van der Waals surface area contributed by atoms with E-state index in [1.54, 1.807) is 0 Å². The maximum absolute atomic E-state index is 4.79. The molecule has 1 unspecified atom stereocenters. The van der Waals surface area contributed by atoms with E-state index >= 15 is 0 Å². The molecular weight excluding hydrogens is 615 g/mol. The summed E-state index contributed by atoms with van der Waals surface area (Å²) in [5, 5.41) is 0. The molecule has 0 aromatic heterocycles. The molecule has 1 nitrogen and oxygen atoms in total. The van der Waals surface area contributed by atoms with E-state index < -0.39 is 5.41 Å². The quantitative estimate of drug-likeness (QED) is 0.140. The van der Waals surface area contributed by atoms with Crippen LogP contribution in [0, 0.1) is 0 Å². The van der Waals surface area contributed by atoms with Crippen LogP contribution in [0.3, 0.4) is 0 Å². The van der Waals surface area contributed by atoms with Crippen LogP contribution in [0.5, 0.6) is 0 Å². The van der Waals surface area contributed by atoms with Gasteiger partial charge in [-0.25, -0.2) is 0 Å². The first-order valence-electron chi connectivity index (χ1n) is 17.6. The maximum atomic E-state index is 4.79. The highest BCUT2D eigenvalue weighted by molar-refractivity contribution is 5.97. The van der Waals surface area contributed by atoms with Crippen LogP contribution in [0.1, 0.15) is 23.6 Å². The van der Waals surface area contributed by atoms with Gasteiger partial charge in [-0.15, -0.1) is 0 Å². The van der Waals surface area contributed by atoms with Crippen LogP contribution in [-0.2, 0) is 5.41 Å². The third kappa shape index (κ3) is 5.63. The predicted octanol–water partition coefficient (Wildman–Crippen LogP) is 13.5. The Bertz CT molecular complexity index is 2270. The average molecular weight is 654 g/mol. The van der Waals surface area contributed by atoms with Crippen LogP contribution in [-0.4, -0.2) is 0 Å². The molecular formula is C50H39N. The van der Waals surface area contributed by atoms with Gasteiger partial charge >= 0.3 is 0 Å². The standard InChI is InChI=1S/C50H39N/c1-3-4-8-18-37(2)50(42-23-13-7-14-24-42)46-26-16-15-25-45(46)49-47(50)27-17-28-48(49)51(43-33-29-40(30-34-43)38-19-9-5-10-20-38)44-35-31-41(32-36-44)39-21-11-6-12-22-39/h3-36H,2H2,1H3/b4-3-,18-8-. The summed E-state index contributed by atoms with van der Waals surface area (Å²) in [4.78, 5) is 2.42. The molecule has 244 valence electrons. The predicted molar refractivity (Wildman–Crippen MR) is 217 cm³/mol. The van der Waals surface area contributed by atoms with Gasteiger partial charge in [-0.2, -0.15) is 0 Å². The highest BCUT2D eigenvalue weighted by Gasteiger charge is 2.47. The van der Waals surface area contributed by atoms with Crippen molar-refractivity contribution >= 4 is 17.1 Å². The number of anilines is 3. The van der Waals surface area contributed by atoms with Gasteiger partial charge in [0.05, 0.1) is 11.1 Å². The number of fused-ring (bicyclic) bond motifs is 3. The zero-order chi connectivity index (χ0) is 34.6.